The van der Waals surface area contributed by atoms with E-state index in [1.807, 2.05) is 6.20 Å². The van der Waals surface area contributed by atoms with Crippen molar-refractivity contribution in [3.8, 4) is 0 Å². The molecule has 2 heterocycles. The number of hydrogen-bond acceptors (Lipinski definition) is 4. The molecule has 0 bridgehead atoms. The summed E-state index contributed by atoms with van der Waals surface area (Å²) < 4.78 is 0. The molecule has 0 saturated carbocycles. The molecule has 1 N–H and O–H groups in total. The molecule has 1 fully saturated rings. The maximum atomic E-state index is 4.23. The van der Waals surface area contributed by atoms with Crippen LogP contribution in [-0.2, 0) is 6.54 Å². The zero-order valence-corrected chi connectivity index (χ0v) is 8.96. The monoisotopic (exact) mass is 209 g/mol. The zero-order chi connectivity index (χ0) is 9.64. The quantitative estimate of drug-likeness (QED) is 0.818. The first kappa shape index (κ1) is 9.93. The summed E-state index contributed by atoms with van der Waals surface area (Å²) in [5, 5.41) is 3.52. The predicted molar refractivity (Wildman–Crippen MR) is 59.2 cm³/mol. The van der Waals surface area contributed by atoms with E-state index in [1.165, 1.54) is 24.3 Å². The predicted octanol–water partition coefficient (Wildman–Crippen LogP) is 1.46. The summed E-state index contributed by atoms with van der Waals surface area (Å²) in [6.45, 7) is 0.850. The van der Waals surface area contributed by atoms with Gasteiger partial charge in [0, 0.05) is 31.2 Å². The van der Waals surface area contributed by atoms with E-state index in [9.17, 15) is 0 Å². The minimum atomic E-state index is 0.679. The average molecular weight is 209 g/mol. The number of aromatic nitrogens is 2. The van der Waals surface area contributed by atoms with Crippen LogP contribution < -0.4 is 5.32 Å². The molecule has 0 atom stereocenters. The molecule has 1 saturated heterocycles. The van der Waals surface area contributed by atoms with Gasteiger partial charge in [-0.05, 0) is 24.3 Å². The Morgan fingerprint density at radius 3 is 2.93 bits per heavy atom. The normalized spacial score (nSPS) is 18.3. The summed E-state index contributed by atoms with van der Waals surface area (Å²) in [4.78, 5) is 8.27. The van der Waals surface area contributed by atoms with Gasteiger partial charge in [0.2, 0.25) is 0 Å². The highest BCUT2D eigenvalue weighted by Gasteiger charge is 2.12. The van der Waals surface area contributed by atoms with E-state index in [-0.39, 0.29) is 0 Å². The minimum absolute atomic E-state index is 0.679. The van der Waals surface area contributed by atoms with E-state index >= 15 is 0 Å². The smallest absolute Gasteiger partial charge is 0.0724 e. The van der Waals surface area contributed by atoms with Crippen LogP contribution in [0.15, 0.2) is 18.6 Å². The molecular formula is C10H15N3S. The fraction of sp³-hybridized carbons (Fsp3) is 0.600. The molecule has 14 heavy (non-hydrogen) atoms. The minimum Gasteiger partial charge on any atom is -0.308 e. The highest BCUT2D eigenvalue weighted by atomic mass is 32.2. The molecule has 0 spiro atoms. The van der Waals surface area contributed by atoms with Gasteiger partial charge in [0.15, 0.2) is 0 Å². The largest absolute Gasteiger partial charge is 0.308 e. The fourth-order valence-corrected chi connectivity index (χ4v) is 2.68. The molecule has 0 radical (unpaired) electrons. The van der Waals surface area contributed by atoms with E-state index in [0.29, 0.717) is 6.04 Å². The van der Waals surface area contributed by atoms with Crippen LogP contribution in [0.2, 0.25) is 0 Å². The van der Waals surface area contributed by atoms with Crippen molar-refractivity contribution in [1.82, 2.24) is 15.3 Å². The number of thioether (sulfide) groups is 1. The molecule has 1 aliphatic heterocycles. The van der Waals surface area contributed by atoms with Gasteiger partial charge in [0.05, 0.1) is 5.69 Å². The van der Waals surface area contributed by atoms with Crippen LogP contribution in [0.3, 0.4) is 0 Å². The number of hydrogen-bond donors (Lipinski definition) is 1. The summed E-state index contributed by atoms with van der Waals surface area (Å²) in [5.74, 6) is 2.58. The zero-order valence-electron chi connectivity index (χ0n) is 8.15. The van der Waals surface area contributed by atoms with Crippen LogP contribution in [-0.4, -0.2) is 27.5 Å². The second kappa shape index (κ2) is 5.32. The summed E-state index contributed by atoms with van der Waals surface area (Å²) in [7, 11) is 0. The lowest BCUT2D eigenvalue weighted by Gasteiger charge is -2.22. The Morgan fingerprint density at radius 1 is 1.36 bits per heavy atom. The van der Waals surface area contributed by atoms with Crippen molar-refractivity contribution < 1.29 is 0 Å². The number of rotatable bonds is 3. The third-order valence-corrected chi connectivity index (χ3v) is 3.46. The van der Waals surface area contributed by atoms with Gasteiger partial charge >= 0.3 is 0 Å². The van der Waals surface area contributed by atoms with Crippen LogP contribution in [0.4, 0.5) is 0 Å². The summed E-state index contributed by atoms with van der Waals surface area (Å²) in [5.41, 5.74) is 1.03. The second-order valence-electron chi connectivity index (χ2n) is 3.46. The Balaban J connectivity index is 1.76. The van der Waals surface area contributed by atoms with Crippen LogP contribution in [0.1, 0.15) is 18.5 Å². The highest BCUT2D eigenvalue weighted by molar-refractivity contribution is 7.99. The Kier molecular flexibility index (Phi) is 3.77. The molecule has 2 rings (SSSR count). The van der Waals surface area contributed by atoms with Crippen molar-refractivity contribution in [1.29, 1.82) is 0 Å². The molecule has 1 aliphatic rings. The number of nitrogens with zero attached hydrogens (tertiary/aromatic N) is 2. The Morgan fingerprint density at radius 2 is 2.21 bits per heavy atom. The Labute approximate surface area is 88.7 Å². The summed E-state index contributed by atoms with van der Waals surface area (Å²) >= 11 is 2.05. The van der Waals surface area contributed by atoms with Crippen molar-refractivity contribution in [3.63, 3.8) is 0 Å². The van der Waals surface area contributed by atoms with E-state index < -0.39 is 0 Å². The van der Waals surface area contributed by atoms with Crippen molar-refractivity contribution in [3.05, 3.63) is 24.3 Å². The van der Waals surface area contributed by atoms with Gasteiger partial charge in [-0.15, -0.1) is 0 Å². The molecular weight excluding hydrogens is 194 g/mol. The van der Waals surface area contributed by atoms with Gasteiger partial charge in [0.25, 0.3) is 0 Å². The molecule has 4 heteroatoms. The Hall–Kier alpha value is -0.610. The van der Waals surface area contributed by atoms with E-state index in [4.69, 9.17) is 0 Å². The van der Waals surface area contributed by atoms with Crippen LogP contribution >= 0.6 is 11.8 Å². The maximum Gasteiger partial charge on any atom is 0.0724 e. The lowest BCUT2D eigenvalue weighted by atomic mass is 10.1. The molecule has 0 aliphatic carbocycles. The van der Waals surface area contributed by atoms with Crippen molar-refractivity contribution >= 4 is 11.8 Å². The van der Waals surface area contributed by atoms with Crippen LogP contribution in [0, 0.1) is 0 Å². The van der Waals surface area contributed by atoms with E-state index in [1.54, 1.807) is 12.4 Å². The standard InChI is InChI=1S/C10H15N3S/c1-5-14-6-2-9(1)13-8-10-7-11-3-4-12-10/h3-4,7,9,13H,1-2,5-6,8H2. The molecule has 1 aromatic heterocycles. The van der Waals surface area contributed by atoms with Gasteiger partial charge in [-0.1, -0.05) is 0 Å². The lowest BCUT2D eigenvalue weighted by Crippen LogP contribution is -2.32. The molecule has 0 unspecified atom stereocenters. The van der Waals surface area contributed by atoms with Gasteiger partial charge in [-0.2, -0.15) is 11.8 Å². The molecule has 76 valence electrons. The molecule has 0 amide bonds. The third-order valence-electron chi connectivity index (χ3n) is 2.41. The van der Waals surface area contributed by atoms with Crippen LogP contribution in [0.5, 0.6) is 0 Å². The van der Waals surface area contributed by atoms with E-state index in [2.05, 4.69) is 27.0 Å². The maximum absolute atomic E-state index is 4.23. The van der Waals surface area contributed by atoms with Crippen molar-refractivity contribution in [2.45, 2.75) is 25.4 Å². The summed E-state index contributed by atoms with van der Waals surface area (Å²) in [6, 6.07) is 0.679. The SMILES string of the molecule is c1cnc(CNC2CCSCC2)cn1. The summed E-state index contributed by atoms with van der Waals surface area (Å²) in [6.07, 6.45) is 7.84. The second-order valence-corrected chi connectivity index (χ2v) is 4.69. The molecule has 0 aromatic carbocycles. The third kappa shape index (κ3) is 2.96. The lowest BCUT2D eigenvalue weighted by molar-refractivity contribution is 0.478. The molecule has 3 nitrogen and oxygen atoms in total. The molecule has 1 aromatic rings. The topological polar surface area (TPSA) is 37.8 Å². The first-order chi connectivity index (χ1) is 6.95. The van der Waals surface area contributed by atoms with E-state index in [0.717, 1.165) is 12.2 Å². The fourth-order valence-electron chi connectivity index (χ4n) is 1.57. The van der Waals surface area contributed by atoms with Crippen molar-refractivity contribution in [2.75, 3.05) is 11.5 Å². The first-order valence-electron chi connectivity index (χ1n) is 5.01. The Bertz CT molecular complexity index is 259. The number of nitrogens with one attached hydrogen (secondary N) is 1. The highest BCUT2D eigenvalue weighted by Crippen LogP contribution is 2.16. The average Bonchev–Trinajstić information content (AvgIpc) is 2.29. The van der Waals surface area contributed by atoms with Gasteiger partial charge in [-0.25, -0.2) is 0 Å². The first-order valence-corrected chi connectivity index (χ1v) is 6.16. The van der Waals surface area contributed by atoms with Gasteiger partial charge in [-0.3, -0.25) is 9.97 Å². The van der Waals surface area contributed by atoms with Gasteiger partial charge < -0.3 is 5.32 Å². The van der Waals surface area contributed by atoms with Crippen LogP contribution in [0.25, 0.3) is 0 Å². The van der Waals surface area contributed by atoms with Gasteiger partial charge in [0.1, 0.15) is 0 Å². The van der Waals surface area contributed by atoms with Crippen molar-refractivity contribution in [2.24, 2.45) is 0 Å².